The zero-order valence-electron chi connectivity index (χ0n) is 14.5. The molecule has 2 N–H and O–H groups in total. The molecule has 1 fully saturated rings. The fraction of sp³-hybridized carbons (Fsp3) is 0.389. The molecule has 2 heterocycles. The quantitative estimate of drug-likeness (QED) is 0.560. The number of amides is 2. The highest BCUT2D eigenvalue weighted by molar-refractivity contribution is 6.17. The number of hydrogen-bond acceptors (Lipinski definition) is 7. The Balaban J connectivity index is 1.91. The van der Waals surface area contributed by atoms with Gasteiger partial charge in [0.15, 0.2) is 5.78 Å². The molecule has 0 aromatic heterocycles. The molecule has 3 rings (SSSR count). The van der Waals surface area contributed by atoms with Gasteiger partial charge in [-0.05, 0) is 25.1 Å². The Morgan fingerprint density at radius 1 is 1.27 bits per heavy atom. The SMILES string of the molecule is CC(=O)c1ccc(N2CCOCC2)c(NC2=CC(=O)N(CCO)C2=O)c1. The topological polar surface area (TPSA) is 99.2 Å². The molecule has 0 saturated carbocycles. The standard InChI is InChI=1S/C18H21N3O5/c1-12(23)13-2-3-16(20-5-8-26-9-6-20)14(10-13)19-15-11-17(24)21(4-7-22)18(15)25/h2-3,10-11,19,22H,4-9H2,1H3. The summed E-state index contributed by atoms with van der Waals surface area (Å²) in [7, 11) is 0. The van der Waals surface area contributed by atoms with Crippen LogP contribution in [0.25, 0.3) is 0 Å². The molecule has 0 unspecified atom stereocenters. The fourth-order valence-electron chi connectivity index (χ4n) is 2.99. The third-order valence-electron chi connectivity index (χ3n) is 4.36. The van der Waals surface area contributed by atoms with Crippen molar-refractivity contribution in [2.24, 2.45) is 0 Å². The first kappa shape index (κ1) is 18.1. The number of imide groups is 1. The van der Waals surface area contributed by atoms with E-state index < -0.39 is 11.8 Å². The van der Waals surface area contributed by atoms with E-state index in [0.29, 0.717) is 37.6 Å². The number of aliphatic hydroxyl groups excluding tert-OH is 1. The molecule has 138 valence electrons. The van der Waals surface area contributed by atoms with Crippen molar-refractivity contribution in [3.05, 3.63) is 35.5 Å². The number of anilines is 2. The van der Waals surface area contributed by atoms with Gasteiger partial charge in [0.25, 0.3) is 11.8 Å². The van der Waals surface area contributed by atoms with Gasteiger partial charge in [-0.1, -0.05) is 0 Å². The number of rotatable bonds is 6. The Morgan fingerprint density at radius 2 is 2.00 bits per heavy atom. The number of hydrogen-bond donors (Lipinski definition) is 2. The van der Waals surface area contributed by atoms with Crippen LogP contribution < -0.4 is 10.2 Å². The lowest BCUT2D eigenvalue weighted by atomic mass is 10.1. The van der Waals surface area contributed by atoms with Crippen LogP contribution in [0.2, 0.25) is 0 Å². The minimum atomic E-state index is -0.495. The number of benzene rings is 1. The van der Waals surface area contributed by atoms with E-state index in [1.165, 1.54) is 13.0 Å². The van der Waals surface area contributed by atoms with Crippen LogP contribution in [-0.2, 0) is 14.3 Å². The lowest BCUT2D eigenvalue weighted by molar-refractivity contribution is -0.137. The van der Waals surface area contributed by atoms with Crippen molar-refractivity contribution in [1.29, 1.82) is 0 Å². The van der Waals surface area contributed by atoms with Gasteiger partial charge in [0.05, 0.1) is 37.7 Å². The van der Waals surface area contributed by atoms with E-state index in [0.717, 1.165) is 10.6 Å². The van der Waals surface area contributed by atoms with Gasteiger partial charge in [-0.25, -0.2) is 0 Å². The fourth-order valence-corrected chi connectivity index (χ4v) is 2.99. The number of ether oxygens (including phenoxy) is 1. The van der Waals surface area contributed by atoms with Crippen LogP contribution in [0.4, 0.5) is 11.4 Å². The second kappa shape index (κ2) is 7.67. The summed E-state index contributed by atoms with van der Waals surface area (Å²) in [6.07, 6.45) is 1.21. The summed E-state index contributed by atoms with van der Waals surface area (Å²) in [5, 5.41) is 12.0. The molecule has 0 atom stereocenters. The lowest BCUT2D eigenvalue weighted by Gasteiger charge is -2.31. The maximum absolute atomic E-state index is 12.4. The molecule has 8 heteroatoms. The van der Waals surface area contributed by atoms with Crippen molar-refractivity contribution < 1.29 is 24.2 Å². The molecule has 2 amide bonds. The first-order valence-corrected chi connectivity index (χ1v) is 8.44. The summed E-state index contributed by atoms with van der Waals surface area (Å²) >= 11 is 0. The maximum Gasteiger partial charge on any atom is 0.277 e. The van der Waals surface area contributed by atoms with Crippen LogP contribution in [0, 0.1) is 0 Å². The maximum atomic E-state index is 12.4. The van der Waals surface area contributed by atoms with Gasteiger partial charge in [-0.15, -0.1) is 0 Å². The number of carbonyl (C=O) groups excluding carboxylic acids is 3. The molecule has 0 aliphatic carbocycles. The average molecular weight is 359 g/mol. The molecule has 0 radical (unpaired) electrons. The Kier molecular flexibility index (Phi) is 5.34. The Bertz CT molecular complexity index is 768. The van der Waals surface area contributed by atoms with Crippen LogP contribution in [0.3, 0.4) is 0 Å². The van der Waals surface area contributed by atoms with Crippen molar-refractivity contribution in [2.45, 2.75) is 6.92 Å². The van der Waals surface area contributed by atoms with Gasteiger partial charge in [0.2, 0.25) is 0 Å². The molecular weight excluding hydrogens is 338 g/mol. The van der Waals surface area contributed by atoms with Crippen LogP contribution in [0.1, 0.15) is 17.3 Å². The average Bonchev–Trinajstić information content (AvgIpc) is 2.90. The highest BCUT2D eigenvalue weighted by Crippen LogP contribution is 2.30. The van der Waals surface area contributed by atoms with Gasteiger partial charge >= 0.3 is 0 Å². The molecule has 0 bridgehead atoms. The summed E-state index contributed by atoms with van der Waals surface area (Å²) in [6.45, 7) is 3.70. The third-order valence-corrected chi connectivity index (χ3v) is 4.36. The number of ketones is 1. The zero-order chi connectivity index (χ0) is 18.7. The van der Waals surface area contributed by atoms with E-state index in [1.807, 2.05) is 6.07 Å². The smallest absolute Gasteiger partial charge is 0.277 e. The molecule has 1 saturated heterocycles. The Morgan fingerprint density at radius 3 is 2.65 bits per heavy atom. The molecule has 1 aromatic rings. The summed E-state index contributed by atoms with van der Waals surface area (Å²) in [6, 6.07) is 5.25. The van der Waals surface area contributed by atoms with Crippen molar-refractivity contribution >= 4 is 29.0 Å². The largest absolute Gasteiger partial charge is 0.395 e. The Hall–Kier alpha value is -2.71. The van der Waals surface area contributed by atoms with E-state index in [1.54, 1.807) is 12.1 Å². The number of morpholine rings is 1. The van der Waals surface area contributed by atoms with Gasteiger partial charge < -0.3 is 20.1 Å². The van der Waals surface area contributed by atoms with E-state index in [-0.39, 0.29) is 24.6 Å². The molecule has 0 spiro atoms. The molecular formula is C18H21N3O5. The van der Waals surface area contributed by atoms with Crippen molar-refractivity contribution in [2.75, 3.05) is 49.7 Å². The number of aliphatic hydroxyl groups is 1. The summed E-state index contributed by atoms with van der Waals surface area (Å²) in [4.78, 5) is 39.1. The molecule has 2 aliphatic heterocycles. The zero-order valence-corrected chi connectivity index (χ0v) is 14.5. The van der Waals surface area contributed by atoms with Gasteiger partial charge in [-0.3, -0.25) is 19.3 Å². The number of β-amino-alcohol motifs (C(OH)–C–C–N with tert-alkyl or cyclic N) is 1. The minimum Gasteiger partial charge on any atom is -0.395 e. The first-order chi connectivity index (χ1) is 12.5. The van der Waals surface area contributed by atoms with Gasteiger partial charge in [0.1, 0.15) is 5.70 Å². The van der Waals surface area contributed by atoms with Crippen molar-refractivity contribution in [3.8, 4) is 0 Å². The van der Waals surface area contributed by atoms with Crippen molar-refractivity contribution in [3.63, 3.8) is 0 Å². The lowest BCUT2D eigenvalue weighted by Crippen LogP contribution is -2.37. The summed E-state index contributed by atoms with van der Waals surface area (Å²) in [5.74, 6) is -1.06. The molecule has 26 heavy (non-hydrogen) atoms. The monoisotopic (exact) mass is 359 g/mol. The number of nitrogens with zero attached hydrogens (tertiary/aromatic N) is 2. The van der Waals surface area contributed by atoms with Crippen LogP contribution in [-0.4, -0.2) is 67.1 Å². The minimum absolute atomic E-state index is 0.0524. The van der Waals surface area contributed by atoms with E-state index in [9.17, 15) is 14.4 Å². The number of nitrogens with one attached hydrogen (secondary N) is 1. The summed E-state index contributed by atoms with van der Waals surface area (Å²) in [5.41, 5.74) is 2.05. The molecule has 8 nitrogen and oxygen atoms in total. The van der Waals surface area contributed by atoms with Gasteiger partial charge in [-0.2, -0.15) is 0 Å². The van der Waals surface area contributed by atoms with Crippen LogP contribution >= 0.6 is 0 Å². The highest BCUT2D eigenvalue weighted by Gasteiger charge is 2.31. The van der Waals surface area contributed by atoms with Crippen molar-refractivity contribution in [1.82, 2.24) is 4.90 Å². The first-order valence-electron chi connectivity index (χ1n) is 8.44. The second-order valence-electron chi connectivity index (χ2n) is 6.09. The Labute approximate surface area is 151 Å². The second-order valence-corrected chi connectivity index (χ2v) is 6.09. The van der Waals surface area contributed by atoms with Crippen LogP contribution in [0.5, 0.6) is 0 Å². The predicted octanol–water partition coefficient (Wildman–Crippen LogP) is 0.383. The number of Topliss-reactive ketones (excluding diaryl/α,β-unsaturated/α-hetero) is 1. The third kappa shape index (κ3) is 3.61. The van der Waals surface area contributed by atoms with Gasteiger partial charge in [0, 0.05) is 24.7 Å². The molecule has 1 aromatic carbocycles. The van der Waals surface area contributed by atoms with E-state index in [4.69, 9.17) is 9.84 Å². The van der Waals surface area contributed by atoms with E-state index in [2.05, 4.69) is 10.2 Å². The van der Waals surface area contributed by atoms with Crippen LogP contribution in [0.15, 0.2) is 30.0 Å². The number of carbonyl (C=O) groups is 3. The molecule has 2 aliphatic rings. The predicted molar refractivity (Wildman–Crippen MR) is 95.0 cm³/mol. The normalized spacial score (nSPS) is 17.5. The van der Waals surface area contributed by atoms with E-state index >= 15 is 0 Å². The highest BCUT2D eigenvalue weighted by atomic mass is 16.5. The summed E-state index contributed by atoms with van der Waals surface area (Å²) < 4.78 is 5.37.